The fourth-order valence-electron chi connectivity index (χ4n) is 1.60. The van der Waals surface area contributed by atoms with Gasteiger partial charge in [0.2, 0.25) is 0 Å². The van der Waals surface area contributed by atoms with E-state index in [1.807, 2.05) is 10.9 Å². The molecule has 5 heteroatoms. The van der Waals surface area contributed by atoms with Gasteiger partial charge in [-0.1, -0.05) is 21.1 Å². The summed E-state index contributed by atoms with van der Waals surface area (Å²) in [6, 6.07) is 0.476. The molecule has 1 aromatic heterocycles. The lowest BCUT2D eigenvalue weighted by Crippen LogP contribution is -2.21. The Kier molecular flexibility index (Phi) is 2.95. The van der Waals surface area contributed by atoms with Crippen LogP contribution in [0.3, 0.4) is 0 Å². The number of ether oxygens (including phenoxy) is 1. The van der Waals surface area contributed by atoms with Crippen LogP contribution in [0.5, 0.6) is 0 Å². The standard InChI is InChI=1S/C8H12BrN3O/c9-5-8-6-10-11-12(8)7-1-3-13-4-2-7/h6-7H,1-5H2. The first-order chi connectivity index (χ1) is 6.42. The molecule has 0 aromatic carbocycles. The van der Waals surface area contributed by atoms with Crippen molar-refractivity contribution in [1.82, 2.24) is 15.0 Å². The zero-order chi connectivity index (χ0) is 9.10. The molecule has 0 atom stereocenters. The molecule has 2 rings (SSSR count). The van der Waals surface area contributed by atoms with Gasteiger partial charge in [0.15, 0.2) is 0 Å². The summed E-state index contributed by atoms with van der Waals surface area (Å²) in [5.41, 5.74) is 1.15. The average Bonchev–Trinajstić information content (AvgIpc) is 2.67. The maximum Gasteiger partial charge on any atom is 0.0733 e. The Bertz CT molecular complexity index is 270. The molecule has 1 fully saturated rings. The number of rotatable bonds is 2. The lowest BCUT2D eigenvalue weighted by Gasteiger charge is -2.22. The van der Waals surface area contributed by atoms with E-state index in [9.17, 15) is 0 Å². The van der Waals surface area contributed by atoms with Gasteiger partial charge in [-0.05, 0) is 12.8 Å². The molecule has 1 saturated heterocycles. The average molecular weight is 246 g/mol. The van der Waals surface area contributed by atoms with Crippen molar-refractivity contribution < 1.29 is 4.74 Å². The van der Waals surface area contributed by atoms with E-state index in [1.54, 1.807) is 0 Å². The SMILES string of the molecule is BrCc1cnnn1C1CCOCC1. The molecule has 1 aliphatic rings. The van der Waals surface area contributed by atoms with Crippen molar-refractivity contribution in [3.8, 4) is 0 Å². The first-order valence-electron chi connectivity index (χ1n) is 4.44. The summed E-state index contributed by atoms with van der Waals surface area (Å²) in [7, 11) is 0. The Morgan fingerprint density at radius 1 is 1.54 bits per heavy atom. The number of hydrogen-bond donors (Lipinski definition) is 0. The third kappa shape index (κ3) is 1.91. The molecule has 4 nitrogen and oxygen atoms in total. The van der Waals surface area contributed by atoms with Crippen molar-refractivity contribution in [2.75, 3.05) is 13.2 Å². The van der Waals surface area contributed by atoms with Gasteiger partial charge >= 0.3 is 0 Å². The molecule has 13 heavy (non-hydrogen) atoms. The smallest absolute Gasteiger partial charge is 0.0733 e. The van der Waals surface area contributed by atoms with Gasteiger partial charge in [0.1, 0.15) is 0 Å². The molecule has 0 unspecified atom stereocenters. The van der Waals surface area contributed by atoms with Gasteiger partial charge in [-0.2, -0.15) is 0 Å². The van der Waals surface area contributed by atoms with Crippen molar-refractivity contribution in [2.24, 2.45) is 0 Å². The number of alkyl halides is 1. The summed E-state index contributed by atoms with van der Waals surface area (Å²) in [5.74, 6) is 0. The van der Waals surface area contributed by atoms with Crippen molar-refractivity contribution in [1.29, 1.82) is 0 Å². The van der Waals surface area contributed by atoms with Crippen LogP contribution in [0.2, 0.25) is 0 Å². The van der Waals surface area contributed by atoms with Gasteiger partial charge in [0.25, 0.3) is 0 Å². The fourth-order valence-corrected chi connectivity index (χ4v) is 2.00. The monoisotopic (exact) mass is 245 g/mol. The summed E-state index contributed by atoms with van der Waals surface area (Å²) >= 11 is 3.42. The Morgan fingerprint density at radius 2 is 2.31 bits per heavy atom. The minimum atomic E-state index is 0.476. The maximum absolute atomic E-state index is 5.30. The maximum atomic E-state index is 5.30. The Labute approximate surface area is 85.4 Å². The molecular weight excluding hydrogens is 234 g/mol. The lowest BCUT2D eigenvalue weighted by atomic mass is 10.1. The molecular formula is C8H12BrN3O. The van der Waals surface area contributed by atoms with Crippen LogP contribution in [0, 0.1) is 0 Å². The van der Waals surface area contributed by atoms with E-state index >= 15 is 0 Å². The van der Waals surface area contributed by atoms with Crippen LogP contribution in [0.1, 0.15) is 24.6 Å². The molecule has 2 heterocycles. The topological polar surface area (TPSA) is 39.9 Å². The van der Waals surface area contributed by atoms with Gasteiger partial charge in [0, 0.05) is 18.5 Å². The fraction of sp³-hybridized carbons (Fsp3) is 0.750. The van der Waals surface area contributed by atoms with Crippen LogP contribution in [0.4, 0.5) is 0 Å². The van der Waals surface area contributed by atoms with E-state index in [4.69, 9.17) is 4.74 Å². The summed E-state index contributed by atoms with van der Waals surface area (Å²) in [6.45, 7) is 1.68. The van der Waals surface area contributed by atoms with Gasteiger partial charge in [-0.25, -0.2) is 4.68 Å². The molecule has 0 saturated carbocycles. The van der Waals surface area contributed by atoms with Gasteiger partial charge in [-0.3, -0.25) is 0 Å². The van der Waals surface area contributed by atoms with Gasteiger partial charge < -0.3 is 4.74 Å². The Morgan fingerprint density at radius 3 is 3.00 bits per heavy atom. The molecule has 1 aromatic rings. The molecule has 0 amide bonds. The second kappa shape index (κ2) is 4.19. The van der Waals surface area contributed by atoms with Crippen molar-refractivity contribution in [2.45, 2.75) is 24.2 Å². The third-order valence-electron chi connectivity index (χ3n) is 2.32. The quantitative estimate of drug-likeness (QED) is 0.743. The van der Waals surface area contributed by atoms with E-state index in [0.717, 1.165) is 37.1 Å². The predicted molar refractivity (Wildman–Crippen MR) is 51.7 cm³/mol. The minimum Gasteiger partial charge on any atom is -0.381 e. The van der Waals surface area contributed by atoms with Crippen LogP contribution < -0.4 is 0 Å². The second-order valence-electron chi connectivity index (χ2n) is 3.15. The Balaban J connectivity index is 2.13. The molecule has 0 spiro atoms. The highest BCUT2D eigenvalue weighted by molar-refractivity contribution is 9.08. The van der Waals surface area contributed by atoms with E-state index in [0.29, 0.717) is 6.04 Å². The molecule has 0 N–H and O–H groups in total. The highest BCUT2D eigenvalue weighted by Crippen LogP contribution is 2.21. The lowest BCUT2D eigenvalue weighted by molar-refractivity contribution is 0.0651. The highest BCUT2D eigenvalue weighted by atomic mass is 79.9. The molecule has 72 valence electrons. The number of halogens is 1. The van der Waals surface area contributed by atoms with E-state index in [-0.39, 0.29) is 0 Å². The normalized spacial score (nSPS) is 19.2. The minimum absolute atomic E-state index is 0.476. The van der Waals surface area contributed by atoms with Crippen LogP contribution in [-0.2, 0) is 10.1 Å². The van der Waals surface area contributed by atoms with E-state index in [1.165, 1.54) is 0 Å². The summed E-state index contributed by atoms with van der Waals surface area (Å²) < 4.78 is 7.31. The van der Waals surface area contributed by atoms with Crippen LogP contribution in [0.15, 0.2) is 6.20 Å². The summed E-state index contributed by atoms with van der Waals surface area (Å²) in [6.07, 6.45) is 3.90. The molecule has 0 radical (unpaired) electrons. The van der Waals surface area contributed by atoms with Crippen LogP contribution in [-0.4, -0.2) is 28.2 Å². The highest BCUT2D eigenvalue weighted by Gasteiger charge is 2.18. The van der Waals surface area contributed by atoms with Crippen molar-refractivity contribution >= 4 is 15.9 Å². The number of hydrogen-bond acceptors (Lipinski definition) is 3. The van der Waals surface area contributed by atoms with Gasteiger partial charge in [-0.15, -0.1) is 5.10 Å². The number of aromatic nitrogens is 3. The zero-order valence-electron chi connectivity index (χ0n) is 7.32. The van der Waals surface area contributed by atoms with E-state index in [2.05, 4.69) is 26.2 Å². The van der Waals surface area contributed by atoms with Crippen molar-refractivity contribution in [3.05, 3.63) is 11.9 Å². The van der Waals surface area contributed by atoms with Crippen LogP contribution >= 0.6 is 15.9 Å². The van der Waals surface area contributed by atoms with E-state index < -0.39 is 0 Å². The third-order valence-corrected chi connectivity index (χ3v) is 2.90. The second-order valence-corrected chi connectivity index (χ2v) is 3.71. The summed E-state index contributed by atoms with van der Waals surface area (Å²) in [5, 5.41) is 8.82. The van der Waals surface area contributed by atoms with Crippen LogP contribution in [0.25, 0.3) is 0 Å². The molecule has 1 aliphatic heterocycles. The summed E-state index contributed by atoms with van der Waals surface area (Å²) in [4.78, 5) is 0. The van der Waals surface area contributed by atoms with Crippen molar-refractivity contribution in [3.63, 3.8) is 0 Å². The first kappa shape index (κ1) is 9.15. The largest absolute Gasteiger partial charge is 0.381 e. The van der Waals surface area contributed by atoms with Gasteiger partial charge in [0.05, 0.1) is 17.9 Å². The first-order valence-corrected chi connectivity index (χ1v) is 5.56. The number of nitrogens with zero attached hydrogens (tertiary/aromatic N) is 3. The molecule has 0 bridgehead atoms. The predicted octanol–water partition coefficient (Wildman–Crippen LogP) is 1.52. The zero-order valence-corrected chi connectivity index (χ0v) is 8.90. The Hall–Kier alpha value is -0.420. The molecule has 0 aliphatic carbocycles.